The highest BCUT2D eigenvalue weighted by atomic mass is 16.5. The van der Waals surface area contributed by atoms with E-state index in [0.717, 1.165) is 25.2 Å². The first-order valence-electron chi connectivity index (χ1n) is 9.81. The molecule has 0 unspecified atom stereocenters. The van der Waals surface area contributed by atoms with Crippen LogP contribution in [-0.4, -0.2) is 61.4 Å². The Labute approximate surface area is 176 Å². The fraction of sp³-hybridized carbons (Fsp3) is 0.348. The van der Waals surface area contributed by atoms with Crippen LogP contribution < -0.4 is 9.47 Å². The molecule has 0 saturated carbocycles. The highest BCUT2D eigenvalue weighted by Gasteiger charge is 2.22. The van der Waals surface area contributed by atoms with Crippen LogP contribution in [0.4, 0.5) is 0 Å². The summed E-state index contributed by atoms with van der Waals surface area (Å²) in [5, 5.41) is 8.88. The van der Waals surface area contributed by atoms with E-state index >= 15 is 0 Å². The van der Waals surface area contributed by atoms with Gasteiger partial charge in [0, 0.05) is 38.3 Å². The number of nitrogens with zero attached hydrogens (tertiary/aromatic N) is 3. The van der Waals surface area contributed by atoms with Crippen molar-refractivity contribution in [3.8, 4) is 17.6 Å². The molecule has 1 heterocycles. The Morgan fingerprint density at radius 1 is 1.03 bits per heavy atom. The highest BCUT2D eigenvalue weighted by Crippen LogP contribution is 2.28. The molecule has 7 heteroatoms. The van der Waals surface area contributed by atoms with Crippen LogP contribution >= 0.6 is 0 Å². The number of ketones is 1. The molecule has 7 nitrogen and oxygen atoms in total. The van der Waals surface area contributed by atoms with Gasteiger partial charge in [-0.3, -0.25) is 14.5 Å². The number of rotatable bonds is 7. The van der Waals surface area contributed by atoms with E-state index in [9.17, 15) is 9.59 Å². The lowest BCUT2D eigenvalue weighted by atomic mass is 10.1. The van der Waals surface area contributed by atoms with E-state index in [1.165, 1.54) is 14.0 Å². The third-order valence-electron chi connectivity index (χ3n) is 5.14. The zero-order valence-corrected chi connectivity index (χ0v) is 17.3. The zero-order valence-electron chi connectivity index (χ0n) is 17.3. The predicted molar refractivity (Wildman–Crippen MR) is 112 cm³/mol. The largest absolute Gasteiger partial charge is 0.493 e. The summed E-state index contributed by atoms with van der Waals surface area (Å²) >= 11 is 0. The van der Waals surface area contributed by atoms with Gasteiger partial charge in [-0.1, -0.05) is 12.1 Å². The van der Waals surface area contributed by atoms with E-state index < -0.39 is 0 Å². The molecule has 1 saturated heterocycles. The van der Waals surface area contributed by atoms with Crippen LogP contribution in [0.3, 0.4) is 0 Å². The quantitative estimate of drug-likeness (QED) is 0.656. The average Bonchev–Trinajstić information content (AvgIpc) is 2.78. The average molecular weight is 407 g/mol. The van der Waals surface area contributed by atoms with Crippen molar-refractivity contribution in [1.82, 2.24) is 9.80 Å². The summed E-state index contributed by atoms with van der Waals surface area (Å²) in [4.78, 5) is 28.1. The van der Waals surface area contributed by atoms with Gasteiger partial charge in [-0.2, -0.15) is 5.26 Å². The molecule has 0 spiro atoms. The minimum atomic E-state index is -0.0780. The summed E-state index contributed by atoms with van der Waals surface area (Å²) in [6.07, 6.45) is 0. The van der Waals surface area contributed by atoms with Crippen LogP contribution in [0, 0.1) is 11.3 Å². The number of methoxy groups -OCH3 is 1. The number of Topliss-reactive ketones (excluding diaryl/α,β-unsaturated/α-hetero) is 1. The maximum absolute atomic E-state index is 12.5. The van der Waals surface area contributed by atoms with Crippen molar-refractivity contribution in [1.29, 1.82) is 5.26 Å². The lowest BCUT2D eigenvalue weighted by Crippen LogP contribution is -2.49. The standard InChI is InChI=1S/C23H25N3O4/c1-17(27)20-7-8-21(22(13-20)29-2)30-16-23(28)26-11-9-25(10-12-26)15-19-5-3-18(14-24)4-6-19/h3-8,13H,9-12,15-16H2,1-2H3. The summed E-state index contributed by atoms with van der Waals surface area (Å²) in [5.74, 6) is 0.735. The van der Waals surface area contributed by atoms with Crippen molar-refractivity contribution in [2.45, 2.75) is 13.5 Å². The Morgan fingerprint density at radius 3 is 2.33 bits per heavy atom. The number of hydrogen-bond donors (Lipinski definition) is 0. The molecule has 0 radical (unpaired) electrons. The van der Waals surface area contributed by atoms with Crippen LogP contribution in [0.5, 0.6) is 11.5 Å². The molecule has 0 aliphatic carbocycles. The summed E-state index contributed by atoms with van der Waals surface area (Å²) in [7, 11) is 1.50. The van der Waals surface area contributed by atoms with Crippen molar-refractivity contribution in [3.05, 3.63) is 59.2 Å². The molecule has 2 aromatic carbocycles. The third kappa shape index (κ3) is 5.37. The Hall–Kier alpha value is -3.37. The van der Waals surface area contributed by atoms with Gasteiger partial charge in [0.15, 0.2) is 23.9 Å². The van der Waals surface area contributed by atoms with Crippen LogP contribution in [0.1, 0.15) is 28.4 Å². The van der Waals surface area contributed by atoms with Crippen LogP contribution in [0.25, 0.3) is 0 Å². The maximum atomic E-state index is 12.5. The molecule has 0 atom stereocenters. The monoisotopic (exact) mass is 407 g/mol. The van der Waals surface area contributed by atoms with Gasteiger partial charge in [0.1, 0.15) is 0 Å². The number of piperazine rings is 1. The Balaban J connectivity index is 1.48. The summed E-state index contributed by atoms with van der Waals surface area (Å²) in [6, 6.07) is 14.6. The van der Waals surface area contributed by atoms with Gasteiger partial charge in [0.2, 0.25) is 0 Å². The van der Waals surface area contributed by atoms with Gasteiger partial charge in [-0.15, -0.1) is 0 Å². The fourth-order valence-electron chi connectivity index (χ4n) is 3.33. The van der Waals surface area contributed by atoms with E-state index in [1.807, 2.05) is 24.3 Å². The van der Waals surface area contributed by atoms with Gasteiger partial charge in [-0.05, 0) is 42.8 Å². The van der Waals surface area contributed by atoms with Crippen molar-refractivity contribution < 1.29 is 19.1 Å². The van der Waals surface area contributed by atoms with Crippen molar-refractivity contribution >= 4 is 11.7 Å². The van der Waals surface area contributed by atoms with Crippen LogP contribution in [0.15, 0.2) is 42.5 Å². The molecule has 1 aliphatic rings. The van der Waals surface area contributed by atoms with Crippen LogP contribution in [0.2, 0.25) is 0 Å². The number of benzene rings is 2. The zero-order chi connectivity index (χ0) is 21.5. The van der Waals surface area contributed by atoms with E-state index in [4.69, 9.17) is 14.7 Å². The van der Waals surface area contributed by atoms with Crippen molar-refractivity contribution in [2.24, 2.45) is 0 Å². The number of carbonyl (C=O) groups excluding carboxylic acids is 2. The lowest BCUT2D eigenvalue weighted by molar-refractivity contribution is -0.135. The second-order valence-electron chi connectivity index (χ2n) is 7.18. The van der Waals surface area contributed by atoms with Gasteiger partial charge < -0.3 is 14.4 Å². The lowest BCUT2D eigenvalue weighted by Gasteiger charge is -2.34. The minimum Gasteiger partial charge on any atom is -0.493 e. The Bertz CT molecular complexity index is 942. The summed E-state index contributed by atoms with van der Waals surface area (Å²) < 4.78 is 10.9. The molecule has 0 aromatic heterocycles. The Morgan fingerprint density at radius 2 is 1.73 bits per heavy atom. The molecule has 30 heavy (non-hydrogen) atoms. The van der Waals surface area contributed by atoms with E-state index in [-0.39, 0.29) is 18.3 Å². The molecule has 0 N–H and O–H groups in total. The topological polar surface area (TPSA) is 82.9 Å². The molecular weight excluding hydrogens is 382 g/mol. The minimum absolute atomic E-state index is 0.0604. The smallest absolute Gasteiger partial charge is 0.260 e. The molecule has 0 bridgehead atoms. The van der Waals surface area contributed by atoms with Gasteiger partial charge >= 0.3 is 0 Å². The number of hydrogen-bond acceptors (Lipinski definition) is 6. The number of amides is 1. The SMILES string of the molecule is COc1cc(C(C)=O)ccc1OCC(=O)N1CCN(Cc2ccc(C#N)cc2)CC1. The molecule has 2 aromatic rings. The molecule has 156 valence electrons. The van der Waals surface area contributed by atoms with Crippen LogP contribution in [-0.2, 0) is 11.3 Å². The van der Waals surface area contributed by atoms with Crippen molar-refractivity contribution in [2.75, 3.05) is 39.9 Å². The molecule has 3 rings (SSSR count). The third-order valence-corrected chi connectivity index (χ3v) is 5.14. The second kappa shape index (κ2) is 9.90. The molecule has 1 fully saturated rings. The highest BCUT2D eigenvalue weighted by molar-refractivity contribution is 5.94. The number of nitriles is 1. The van der Waals surface area contributed by atoms with Gasteiger partial charge in [0.25, 0.3) is 5.91 Å². The molecular formula is C23H25N3O4. The number of ether oxygens (including phenoxy) is 2. The first-order valence-corrected chi connectivity index (χ1v) is 9.81. The molecule has 1 aliphatic heterocycles. The predicted octanol–water partition coefficient (Wildman–Crippen LogP) is 2.49. The van der Waals surface area contributed by atoms with Crippen molar-refractivity contribution in [3.63, 3.8) is 0 Å². The summed E-state index contributed by atoms with van der Waals surface area (Å²) in [6.45, 7) is 5.04. The van der Waals surface area contributed by atoms with E-state index in [0.29, 0.717) is 35.7 Å². The first-order chi connectivity index (χ1) is 14.5. The van der Waals surface area contributed by atoms with E-state index in [2.05, 4.69) is 11.0 Å². The Kier molecular flexibility index (Phi) is 7.04. The van der Waals surface area contributed by atoms with E-state index in [1.54, 1.807) is 23.1 Å². The number of carbonyl (C=O) groups is 2. The van der Waals surface area contributed by atoms with Gasteiger partial charge in [-0.25, -0.2) is 0 Å². The fourth-order valence-corrected chi connectivity index (χ4v) is 3.33. The molecule has 1 amide bonds. The second-order valence-corrected chi connectivity index (χ2v) is 7.18. The summed E-state index contributed by atoms with van der Waals surface area (Å²) in [5.41, 5.74) is 2.34. The maximum Gasteiger partial charge on any atom is 0.260 e. The first kappa shape index (κ1) is 21.3. The normalized spacial score (nSPS) is 14.1. The van der Waals surface area contributed by atoms with Gasteiger partial charge in [0.05, 0.1) is 18.7 Å².